The van der Waals surface area contributed by atoms with E-state index in [-0.39, 0.29) is 0 Å². The van der Waals surface area contributed by atoms with Crippen molar-refractivity contribution in [3.8, 4) is 0 Å². The Hall–Kier alpha value is -0.830. The third-order valence-corrected chi connectivity index (χ3v) is 1.87. The zero-order valence-corrected chi connectivity index (χ0v) is 8.01. The maximum absolute atomic E-state index is 5.76. The van der Waals surface area contributed by atoms with Crippen LogP contribution >= 0.6 is 12.6 Å². The van der Waals surface area contributed by atoms with Gasteiger partial charge in [0.1, 0.15) is 0 Å². The van der Waals surface area contributed by atoms with Gasteiger partial charge in [0.05, 0.1) is 0 Å². The highest BCUT2D eigenvalue weighted by atomic mass is 32.1. The van der Waals surface area contributed by atoms with E-state index in [0.717, 1.165) is 17.7 Å². The van der Waals surface area contributed by atoms with Crippen molar-refractivity contribution < 1.29 is 0 Å². The van der Waals surface area contributed by atoms with Crippen LogP contribution in [0.25, 0.3) is 0 Å². The number of thiol groups is 1. The highest BCUT2D eigenvalue weighted by molar-refractivity contribution is 7.80. The van der Waals surface area contributed by atoms with Gasteiger partial charge in [0.15, 0.2) is 0 Å². The van der Waals surface area contributed by atoms with Crippen LogP contribution in [-0.4, -0.2) is 5.25 Å². The van der Waals surface area contributed by atoms with Gasteiger partial charge in [-0.05, 0) is 24.1 Å². The van der Waals surface area contributed by atoms with E-state index in [0.29, 0.717) is 10.9 Å². The Kier molecular flexibility index (Phi) is 2.87. The fourth-order valence-corrected chi connectivity index (χ4v) is 1.31. The van der Waals surface area contributed by atoms with Crippen LogP contribution < -0.4 is 11.5 Å². The van der Waals surface area contributed by atoms with Crippen molar-refractivity contribution in [3.05, 3.63) is 23.8 Å². The molecule has 1 atom stereocenters. The van der Waals surface area contributed by atoms with Crippen LogP contribution in [0.1, 0.15) is 12.5 Å². The summed E-state index contributed by atoms with van der Waals surface area (Å²) in [6.07, 6.45) is 0.884. The molecule has 0 saturated heterocycles. The molecular formula is C9H14N2S. The second kappa shape index (κ2) is 3.72. The molecule has 2 nitrogen and oxygen atoms in total. The third-order valence-electron chi connectivity index (χ3n) is 1.69. The first-order chi connectivity index (χ1) is 5.59. The molecule has 66 valence electrons. The normalized spacial score (nSPS) is 12.8. The molecule has 1 unspecified atom stereocenters. The van der Waals surface area contributed by atoms with E-state index < -0.39 is 0 Å². The summed E-state index contributed by atoms with van der Waals surface area (Å²) >= 11 is 4.30. The minimum absolute atomic E-state index is 0.330. The molecule has 0 aliphatic carbocycles. The largest absolute Gasteiger partial charge is 0.399 e. The lowest BCUT2D eigenvalue weighted by atomic mass is 10.1. The number of hydrogen-bond acceptors (Lipinski definition) is 3. The Labute approximate surface area is 78.4 Å². The fraction of sp³-hybridized carbons (Fsp3) is 0.333. The maximum Gasteiger partial charge on any atom is 0.0367 e. The number of nitrogen functional groups attached to an aromatic ring is 2. The lowest BCUT2D eigenvalue weighted by Crippen LogP contribution is -2.02. The SMILES string of the molecule is CC(S)Cc1ccc(N)cc1N. The van der Waals surface area contributed by atoms with Gasteiger partial charge in [-0.15, -0.1) is 0 Å². The lowest BCUT2D eigenvalue weighted by Gasteiger charge is -2.07. The van der Waals surface area contributed by atoms with Gasteiger partial charge < -0.3 is 11.5 Å². The van der Waals surface area contributed by atoms with Gasteiger partial charge in [-0.3, -0.25) is 0 Å². The van der Waals surface area contributed by atoms with Gasteiger partial charge in [-0.1, -0.05) is 13.0 Å². The summed E-state index contributed by atoms with van der Waals surface area (Å²) in [5.74, 6) is 0. The first kappa shape index (κ1) is 9.26. The molecule has 0 bridgehead atoms. The van der Waals surface area contributed by atoms with E-state index in [1.807, 2.05) is 19.1 Å². The predicted molar refractivity (Wildman–Crippen MR) is 57.4 cm³/mol. The first-order valence-electron chi connectivity index (χ1n) is 3.91. The van der Waals surface area contributed by atoms with Crippen LogP contribution in [0.5, 0.6) is 0 Å². The van der Waals surface area contributed by atoms with Crippen LogP contribution in [0.15, 0.2) is 18.2 Å². The van der Waals surface area contributed by atoms with Gasteiger partial charge in [-0.25, -0.2) is 0 Å². The third kappa shape index (κ3) is 2.34. The zero-order valence-electron chi connectivity index (χ0n) is 7.12. The molecule has 0 amide bonds. The average molecular weight is 182 g/mol. The molecule has 0 aromatic heterocycles. The number of benzene rings is 1. The minimum atomic E-state index is 0.330. The second-order valence-corrected chi connectivity index (χ2v) is 3.89. The van der Waals surface area contributed by atoms with Crippen molar-refractivity contribution in [2.75, 3.05) is 11.5 Å². The summed E-state index contributed by atoms with van der Waals surface area (Å²) < 4.78 is 0. The molecular weight excluding hydrogens is 168 g/mol. The topological polar surface area (TPSA) is 52.0 Å². The quantitative estimate of drug-likeness (QED) is 0.482. The van der Waals surface area contributed by atoms with Gasteiger partial charge in [0.2, 0.25) is 0 Å². The molecule has 0 aliphatic heterocycles. The van der Waals surface area contributed by atoms with Crippen LogP contribution in [0.3, 0.4) is 0 Å². The number of rotatable bonds is 2. The van der Waals surface area contributed by atoms with Gasteiger partial charge in [0, 0.05) is 16.6 Å². The molecule has 0 aliphatic rings. The van der Waals surface area contributed by atoms with E-state index in [9.17, 15) is 0 Å². The first-order valence-corrected chi connectivity index (χ1v) is 4.43. The molecule has 0 spiro atoms. The minimum Gasteiger partial charge on any atom is -0.399 e. The van der Waals surface area contributed by atoms with Crippen LogP contribution in [0.2, 0.25) is 0 Å². The van der Waals surface area contributed by atoms with Crippen molar-refractivity contribution >= 4 is 24.0 Å². The summed E-state index contributed by atoms with van der Waals surface area (Å²) in [5.41, 5.74) is 13.9. The van der Waals surface area contributed by atoms with Crippen molar-refractivity contribution in [3.63, 3.8) is 0 Å². The smallest absolute Gasteiger partial charge is 0.0367 e. The highest BCUT2D eigenvalue weighted by Crippen LogP contribution is 2.18. The fourth-order valence-electron chi connectivity index (χ4n) is 1.12. The predicted octanol–water partition coefficient (Wildman–Crippen LogP) is 1.71. The summed E-state index contributed by atoms with van der Waals surface area (Å²) in [5, 5.41) is 0.330. The van der Waals surface area contributed by atoms with Crippen molar-refractivity contribution in [1.29, 1.82) is 0 Å². The van der Waals surface area contributed by atoms with Gasteiger partial charge in [-0.2, -0.15) is 12.6 Å². The Morgan fingerprint density at radius 3 is 2.58 bits per heavy atom. The van der Waals surface area contributed by atoms with E-state index in [1.54, 1.807) is 6.07 Å². The molecule has 1 rings (SSSR count). The summed E-state index contributed by atoms with van der Waals surface area (Å²) in [6, 6.07) is 5.60. The van der Waals surface area contributed by atoms with E-state index in [2.05, 4.69) is 12.6 Å². The number of nitrogens with two attached hydrogens (primary N) is 2. The van der Waals surface area contributed by atoms with Gasteiger partial charge >= 0.3 is 0 Å². The monoisotopic (exact) mass is 182 g/mol. The van der Waals surface area contributed by atoms with Crippen molar-refractivity contribution in [2.24, 2.45) is 0 Å². The van der Waals surface area contributed by atoms with Crippen LogP contribution in [0, 0.1) is 0 Å². The van der Waals surface area contributed by atoms with Crippen LogP contribution in [0.4, 0.5) is 11.4 Å². The average Bonchev–Trinajstić information content (AvgIpc) is 1.94. The molecule has 1 aromatic carbocycles. The van der Waals surface area contributed by atoms with Crippen LogP contribution in [-0.2, 0) is 6.42 Å². The number of anilines is 2. The van der Waals surface area contributed by atoms with Crippen molar-refractivity contribution in [2.45, 2.75) is 18.6 Å². The lowest BCUT2D eigenvalue weighted by molar-refractivity contribution is 0.953. The zero-order chi connectivity index (χ0) is 9.14. The Morgan fingerprint density at radius 1 is 1.42 bits per heavy atom. The summed E-state index contributed by atoms with van der Waals surface area (Å²) in [6.45, 7) is 2.04. The maximum atomic E-state index is 5.76. The second-order valence-electron chi connectivity index (χ2n) is 3.01. The van der Waals surface area contributed by atoms with Gasteiger partial charge in [0.25, 0.3) is 0 Å². The molecule has 0 radical (unpaired) electrons. The summed E-state index contributed by atoms with van der Waals surface area (Å²) in [4.78, 5) is 0. The molecule has 1 aromatic rings. The summed E-state index contributed by atoms with van der Waals surface area (Å²) in [7, 11) is 0. The highest BCUT2D eigenvalue weighted by Gasteiger charge is 2.02. The Morgan fingerprint density at radius 2 is 2.08 bits per heavy atom. The molecule has 0 fully saturated rings. The molecule has 0 saturated carbocycles. The molecule has 0 heterocycles. The number of hydrogen-bond donors (Lipinski definition) is 3. The van der Waals surface area contributed by atoms with E-state index in [1.165, 1.54) is 0 Å². The van der Waals surface area contributed by atoms with E-state index in [4.69, 9.17) is 11.5 Å². The Balaban J connectivity index is 2.86. The standard InChI is InChI=1S/C9H14N2S/c1-6(12)4-7-2-3-8(10)5-9(7)11/h2-3,5-6,12H,4,10-11H2,1H3. The molecule has 4 N–H and O–H groups in total. The van der Waals surface area contributed by atoms with E-state index >= 15 is 0 Å². The molecule has 12 heavy (non-hydrogen) atoms. The van der Waals surface area contributed by atoms with Crippen molar-refractivity contribution in [1.82, 2.24) is 0 Å². The molecule has 3 heteroatoms. The Bertz CT molecular complexity index is 271.